The summed E-state index contributed by atoms with van der Waals surface area (Å²) in [5.74, 6) is 0.126. The maximum atomic E-state index is 12.2. The third-order valence-corrected chi connectivity index (χ3v) is 5.41. The average molecular weight is 391 g/mol. The van der Waals surface area contributed by atoms with Crippen molar-refractivity contribution in [3.63, 3.8) is 0 Å². The van der Waals surface area contributed by atoms with Gasteiger partial charge in [0.15, 0.2) is 0 Å². The summed E-state index contributed by atoms with van der Waals surface area (Å²) in [5, 5.41) is 3.12. The van der Waals surface area contributed by atoms with Gasteiger partial charge < -0.3 is 19.9 Å². The average Bonchev–Trinajstić information content (AvgIpc) is 3.07. The summed E-state index contributed by atoms with van der Waals surface area (Å²) < 4.78 is 5.42. The van der Waals surface area contributed by atoms with Crippen molar-refractivity contribution in [2.45, 2.75) is 26.4 Å². The van der Waals surface area contributed by atoms with E-state index in [1.807, 2.05) is 36.1 Å². The molecule has 1 N–H and O–H groups in total. The standard InChI is InChI=1S/C19H26N4O3S/c1-3-18(27)20-12-17-13-23(19(25)26-17)16-6-4-15(5-7-16)22-10-8-21(9-11-22)14(2)24/h4-7,17H,3,8-13H2,1-2H3,(H,20,27)/t17-/m0/s1. The lowest BCUT2D eigenvalue weighted by molar-refractivity contribution is -0.129. The van der Waals surface area contributed by atoms with Crippen molar-refractivity contribution in [3.8, 4) is 0 Å². The van der Waals surface area contributed by atoms with Gasteiger partial charge in [-0.3, -0.25) is 9.69 Å². The number of amides is 2. The van der Waals surface area contributed by atoms with Crippen molar-refractivity contribution in [3.05, 3.63) is 24.3 Å². The van der Waals surface area contributed by atoms with Crippen LogP contribution in [0.3, 0.4) is 0 Å². The molecule has 0 spiro atoms. The van der Waals surface area contributed by atoms with Gasteiger partial charge in [0.25, 0.3) is 0 Å². The highest BCUT2D eigenvalue weighted by atomic mass is 32.1. The van der Waals surface area contributed by atoms with Gasteiger partial charge in [0, 0.05) is 44.5 Å². The molecule has 0 aliphatic carbocycles. The molecule has 0 radical (unpaired) electrons. The molecule has 146 valence electrons. The van der Waals surface area contributed by atoms with Crippen molar-refractivity contribution in [2.24, 2.45) is 0 Å². The van der Waals surface area contributed by atoms with E-state index in [1.165, 1.54) is 0 Å². The molecular weight excluding hydrogens is 364 g/mol. The monoisotopic (exact) mass is 390 g/mol. The Morgan fingerprint density at radius 1 is 1.19 bits per heavy atom. The van der Waals surface area contributed by atoms with Crippen LogP contribution in [0.15, 0.2) is 24.3 Å². The molecule has 2 heterocycles. The molecule has 2 aliphatic heterocycles. The highest BCUT2D eigenvalue weighted by molar-refractivity contribution is 7.80. The van der Waals surface area contributed by atoms with Crippen LogP contribution in [0.2, 0.25) is 0 Å². The maximum absolute atomic E-state index is 12.2. The van der Waals surface area contributed by atoms with Crippen molar-refractivity contribution >= 4 is 40.6 Å². The minimum Gasteiger partial charge on any atom is -0.442 e. The van der Waals surface area contributed by atoms with Gasteiger partial charge in [-0.25, -0.2) is 4.79 Å². The number of cyclic esters (lactones) is 1. The Hall–Kier alpha value is -2.35. The normalized spacial score (nSPS) is 19.9. The van der Waals surface area contributed by atoms with Gasteiger partial charge in [-0.1, -0.05) is 19.1 Å². The molecule has 0 aromatic heterocycles. The topological polar surface area (TPSA) is 65.1 Å². The number of benzene rings is 1. The van der Waals surface area contributed by atoms with E-state index in [0.29, 0.717) is 13.1 Å². The molecule has 27 heavy (non-hydrogen) atoms. The summed E-state index contributed by atoms with van der Waals surface area (Å²) in [6.45, 7) is 7.75. The molecule has 0 saturated carbocycles. The van der Waals surface area contributed by atoms with E-state index >= 15 is 0 Å². The summed E-state index contributed by atoms with van der Waals surface area (Å²) in [5.41, 5.74) is 1.92. The summed E-state index contributed by atoms with van der Waals surface area (Å²) in [6.07, 6.45) is 0.246. The molecule has 7 nitrogen and oxygen atoms in total. The zero-order chi connectivity index (χ0) is 19.4. The second-order valence-electron chi connectivity index (χ2n) is 6.78. The minimum atomic E-state index is -0.327. The first kappa shape index (κ1) is 19.4. The van der Waals surface area contributed by atoms with Crippen molar-refractivity contribution < 1.29 is 14.3 Å². The zero-order valence-electron chi connectivity index (χ0n) is 15.8. The molecule has 2 amide bonds. The molecule has 8 heteroatoms. The number of rotatable bonds is 5. The SMILES string of the molecule is CCC(=S)NC[C@H]1CN(c2ccc(N3CCN(C(C)=O)CC3)cc2)C(=O)O1. The van der Waals surface area contributed by atoms with Crippen LogP contribution >= 0.6 is 12.2 Å². The maximum Gasteiger partial charge on any atom is 0.414 e. The van der Waals surface area contributed by atoms with Crippen LogP contribution in [0.25, 0.3) is 0 Å². The summed E-state index contributed by atoms with van der Waals surface area (Å²) >= 11 is 5.15. The Morgan fingerprint density at radius 2 is 1.81 bits per heavy atom. The number of hydrogen-bond donors (Lipinski definition) is 1. The molecule has 2 fully saturated rings. The molecular formula is C19H26N4O3S. The Balaban J connectivity index is 1.56. The van der Waals surface area contributed by atoms with E-state index in [4.69, 9.17) is 17.0 Å². The minimum absolute atomic E-state index is 0.126. The van der Waals surface area contributed by atoms with Crippen molar-refractivity contribution in [2.75, 3.05) is 49.1 Å². The first-order valence-corrected chi connectivity index (χ1v) is 9.74. The third kappa shape index (κ3) is 4.68. The van der Waals surface area contributed by atoms with E-state index in [9.17, 15) is 9.59 Å². The summed E-state index contributed by atoms with van der Waals surface area (Å²) in [7, 11) is 0. The van der Waals surface area contributed by atoms with Crippen LogP contribution in [0, 0.1) is 0 Å². The number of thiocarbonyl (C=S) groups is 1. The second-order valence-corrected chi connectivity index (χ2v) is 7.28. The molecule has 2 saturated heterocycles. The van der Waals surface area contributed by atoms with E-state index in [-0.39, 0.29) is 18.1 Å². The highest BCUT2D eigenvalue weighted by Gasteiger charge is 2.32. The van der Waals surface area contributed by atoms with E-state index < -0.39 is 0 Å². The Bertz CT molecular complexity index is 701. The van der Waals surface area contributed by atoms with Gasteiger partial charge in [0.05, 0.1) is 18.1 Å². The number of nitrogens with zero attached hydrogens (tertiary/aromatic N) is 3. The van der Waals surface area contributed by atoms with Crippen LogP contribution in [-0.2, 0) is 9.53 Å². The zero-order valence-corrected chi connectivity index (χ0v) is 16.6. The largest absolute Gasteiger partial charge is 0.442 e. The molecule has 1 aromatic rings. The van der Waals surface area contributed by atoms with Crippen LogP contribution in [-0.4, -0.2) is 67.3 Å². The van der Waals surface area contributed by atoms with E-state index in [2.05, 4.69) is 10.2 Å². The van der Waals surface area contributed by atoms with Crippen molar-refractivity contribution in [1.29, 1.82) is 0 Å². The van der Waals surface area contributed by atoms with Crippen molar-refractivity contribution in [1.82, 2.24) is 10.2 Å². The van der Waals surface area contributed by atoms with E-state index in [1.54, 1.807) is 11.8 Å². The predicted octanol–water partition coefficient (Wildman–Crippen LogP) is 2.01. The fourth-order valence-electron chi connectivity index (χ4n) is 3.31. The fraction of sp³-hybridized carbons (Fsp3) is 0.526. The molecule has 0 bridgehead atoms. The van der Waals surface area contributed by atoms with Gasteiger partial charge in [-0.2, -0.15) is 0 Å². The molecule has 0 unspecified atom stereocenters. The molecule has 3 rings (SSSR count). The number of nitrogens with one attached hydrogen (secondary N) is 1. The van der Waals surface area contributed by atoms with Crippen LogP contribution in [0.4, 0.5) is 16.2 Å². The lowest BCUT2D eigenvalue weighted by Gasteiger charge is -2.35. The van der Waals surface area contributed by atoms with Gasteiger partial charge in [-0.05, 0) is 30.7 Å². The quantitative estimate of drug-likeness (QED) is 0.776. The Morgan fingerprint density at radius 3 is 2.41 bits per heavy atom. The first-order valence-electron chi connectivity index (χ1n) is 9.33. The van der Waals surface area contributed by atoms with Crippen LogP contribution in [0.5, 0.6) is 0 Å². The lowest BCUT2D eigenvalue weighted by Crippen LogP contribution is -2.48. The summed E-state index contributed by atoms with van der Waals surface area (Å²) in [6, 6.07) is 7.93. The highest BCUT2D eigenvalue weighted by Crippen LogP contribution is 2.25. The Labute approximate surface area is 165 Å². The number of carbonyl (C=O) groups excluding carboxylic acids is 2. The second kappa shape index (κ2) is 8.56. The molecule has 1 atom stereocenters. The fourth-order valence-corrected chi connectivity index (χ4v) is 3.40. The van der Waals surface area contributed by atoms with Crippen LogP contribution < -0.4 is 15.1 Å². The third-order valence-electron chi connectivity index (χ3n) is 4.97. The number of hydrogen-bond acceptors (Lipinski definition) is 5. The van der Waals surface area contributed by atoms with Gasteiger partial charge in [0.2, 0.25) is 5.91 Å². The number of piperazine rings is 1. The summed E-state index contributed by atoms with van der Waals surface area (Å²) in [4.78, 5) is 30.2. The first-order chi connectivity index (χ1) is 13.0. The van der Waals surface area contributed by atoms with Gasteiger partial charge in [0.1, 0.15) is 6.10 Å². The smallest absolute Gasteiger partial charge is 0.414 e. The van der Waals surface area contributed by atoms with Gasteiger partial charge >= 0.3 is 6.09 Å². The number of anilines is 2. The lowest BCUT2D eigenvalue weighted by atomic mass is 10.2. The van der Waals surface area contributed by atoms with Crippen LogP contribution in [0.1, 0.15) is 20.3 Å². The number of ether oxygens (including phenoxy) is 1. The Kier molecular flexibility index (Phi) is 6.15. The molecule has 1 aromatic carbocycles. The van der Waals surface area contributed by atoms with E-state index in [0.717, 1.165) is 49.0 Å². The number of carbonyl (C=O) groups is 2. The van der Waals surface area contributed by atoms with Gasteiger partial charge in [-0.15, -0.1) is 0 Å². The predicted molar refractivity (Wildman–Crippen MR) is 109 cm³/mol. The molecule has 2 aliphatic rings.